The molecular formula is C16H22O3. The molecule has 1 rings (SSSR count). The Hall–Kier alpha value is -1.61. The number of benzene rings is 1. The molecule has 1 aromatic carbocycles. The normalized spacial score (nSPS) is 12.8. The van der Waals surface area contributed by atoms with Crippen LogP contribution in [0.1, 0.15) is 49.0 Å². The van der Waals surface area contributed by atoms with Crippen LogP contribution in [-0.2, 0) is 4.74 Å². The van der Waals surface area contributed by atoms with Gasteiger partial charge in [0.25, 0.3) is 0 Å². The first kappa shape index (κ1) is 15.4. The van der Waals surface area contributed by atoms with Gasteiger partial charge in [-0.3, -0.25) is 0 Å². The van der Waals surface area contributed by atoms with Crippen molar-refractivity contribution in [1.82, 2.24) is 0 Å². The first-order valence-corrected chi connectivity index (χ1v) is 6.44. The Labute approximate surface area is 114 Å². The number of carbonyl (C=O) groups is 1. The van der Waals surface area contributed by atoms with Gasteiger partial charge < -0.3 is 9.84 Å². The van der Waals surface area contributed by atoms with Crippen molar-refractivity contribution in [3.8, 4) is 0 Å². The largest absolute Gasteiger partial charge is 0.456 e. The van der Waals surface area contributed by atoms with E-state index in [0.29, 0.717) is 12.0 Å². The quantitative estimate of drug-likeness (QED) is 0.654. The number of allylic oxidation sites excluding steroid dienone is 1. The molecule has 0 spiro atoms. The van der Waals surface area contributed by atoms with Crippen molar-refractivity contribution in [2.75, 3.05) is 6.61 Å². The summed E-state index contributed by atoms with van der Waals surface area (Å²) in [6.45, 7) is 9.40. The Bertz CT molecular complexity index is 426. The van der Waals surface area contributed by atoms with Gasteiger partial charge in [-0.1, -0.05) is 18.2 Å². The van der Waals surface area contributed by atoms with Crippen molar-refractivity contribution < 1.29 is 14.6 Å². The zero-order valence-corrected chi connectivity index (χ0v) is 11.8. The van der Waals surface area contributed by atoms with Gasteiger partial charge >= 0.3 is 5.97 Å². The molecule has 1 unspecified atom stereocenters. The maximum absolute atomic E-state index is 11.9. The number of esters is 1. The summed E-state index contributed by atoms with van der Waals surface area (Å²) in [5.74, 6) is -0.214. The van der Waals surface area contributed by atoms with Crippen molar-refractivity contribution in [2.24, 2.45) is 0 Å². The van der Waals surface area contributed by atoms with E-state index in [-0.39, 0.29) is 18.5 Å². The first-order valence-electron chi connectivity index (χ1n) is 6.44. The molecule has 0 bridgehead atoms. The van der Waals surface area contributed by atoms with Gasteiger partial charge in [0, 0.05) is 12.5 Å². The molecule has 1 aromatic rings. The fourth-order valence-electron chi connectivity index (χ4n) is 1.76. The van der Waals surface area contributed by atoms with Crippen molar-refractivity contribution in [3.05, 3.63) is 48.0 Å². The molecule has 1 N–H and O–H groups in total. The van der Waals surface area contributed by atoms with Gasteiger partial charge in [-0.2, -0.15) is 0 Å². The van der Waals surface area contributed by atoms with E-state index in [0.717, 1.165) is 5.56 Å². The smallest absolute Gasteiger partial charge is 0.338 e. The van der Waals surface area contributed by atoms with Crippen molar-refractivity contribution >= 4 is 5.97 Å². The fourth-order valence-corrected chi connectivity index (χ4v) is 1.76. The molecule has 3 heteroatoms. The van der Waals surface area contributed by atoms with E-state index in [4.69, 9.17) is 9.84 Å². The molecule has 0 heterocycles. The van der Waals surface area contributed by atoms with E-state index in [9.17, 15) is 4.79 Å². The standard InChI is InChI=1S/C16H22O3/c1-5-12(10-11-17)13-6-8-14(9-7-13)15(18)19-16(2,3)4/h5-9,12,17H,1,10-11H2,2-4H3. The summed E-state index contributed by atoms with van der Waals surface area (Å²) in [6, 6.07) is 7.25. The lowest BCUT2D eigenvalue weighted by atomic mass is 9.95. The van der Waals surface area contributed by atoms with Gasteiger partial charge in [0.2, 0.25) is 0 Å². The van der Waals surface area contributed by atoms with Crippen LogP contribution in [0.5, 0.6) is 0 Å². The molecule has 0 amide bonds. The summed E-state index contributed by atoms with van der Waals surface area (Å²) < 4.78 is 5.30. The minimum atomic E-state index is -0.490. The third-order valence-corrected chi connectivity index (χ3v) is 2.70. The lowest BCUT2D eigenvalue weighted by molar-refractivity contribution is 0.00695. The predicted molar refractivity (Wildman–Crippen MR) is 76.3 cm³/mol. The average molecular weight is 262 g/mol. The fraction of sp³-hybridized carbons (Fsp3) is 0.438. The van der Waals surface area contributed by atoms with E-state index in [1.807, 2.05) is 32.9 Å². The number of rotatable bonds is 5. The van der Waals surface area contributed by atoms with Crippen LogP contribution in [0, 0.1) is 0 Å². The second-order valence-corrected chi connectivity index (χ2v) is 5.48. The van der Waals surface area contributed by atoms with Crippen LogP contribution in [0.2, 0.25) is 0 Å². The van der Waals surface area contributed by atoms with Crippen LogP contribution in [0.15, 0.2) is 36.9 Å². The number of hydrogen-bond donors (Lipinski definition) is 1. The summed E-state index contributed by atoms with van der Waals surface area (Å²) in [6.07, 6.45) is 2.44. The Morgan fingerprint density at radius 1 is 1.37 bits per heavy atom. The third-order valence-electron chi connectivity index (χ3n) is 2.70. The highest BCUT2D eigenvalue weighted by molar-refractivity contribution is 5.89. The summed E-state index contributed by atoms with van der Waals surface area (Å²) in [5.41, 5.74) is 1.08. The Kier molecular flexibility index (Phi) is 5.31. The maximum atomic E-state index is 11.9. The molecule has 0 fully saturated rings. The van der Waals surface area contributed by atoms with E-state index in [2.05, 4.69) is 6.58 Å². The Morgan fingerprint density at radius 3 is 2.37 bits per heavy atom. The van der Waals surface area contributed by atoms with Crippen molar-refractivity contribution in [1.29, 1.82) is 0 Å². The van der Waals surface area contributed by atoms with Crippen LogP contribution in [0.3, 0.4) is 0 Å². The van der Waals surface area contributed by atoms with Gasteiger partial charge in [0.1, 0.15) is 5.60 Å². The van der Waals surface area contributed by atoms with Gasteiger partial charge in [-0.25, -0.2) is 4.79 Å². The summed E-state index contributed by atoms with van der Waals surface area (Å²) in [5, 5.41) is 8.98. The number of ether oxygens (including phenoxy) is 1. The average Bonchev–Trinajstić information content (AvgIpc) is 2.34. The minimum Gasteiger partial charge on any atom is -0.456 e. The molecule has 0 aromatic heterocycles. The van der Waals surface area contributed by atoms with Crippen LogP contribution >= 0.6 is 0 Å². The Balaban J connectivity index is 2.81. The number of carbonyl (C=O) groups excluding carboxylic acids is 1. The zero-order valence-electron chi connectivity index (χ0n) is 11.8. The van der Waals surface area contributed by atoms with Crippen molar-refractivity contribution in [2.45, 2.75) is 38.7 Å². The molecule has 0 aliphatic heterocycles. The van der Waals surface area contributed by atoms with Gasteiger partial charge in [-0.05, 0) is 44.9 Å². The van der Waals surface area contributed by atoms with Gasteiger partial charge in [0.05, 0.1) is 5.56 Å². The summed E-state index contributed by atoms with van der Waals surface area (Å²) >= 11 is 0. The van der Waals surface area contributed by atoms with E-state index < -0.39 is 5.60 Å². The Morgan fingerprint density at radius 2 is 1.95 bits per heavy atom. The second kappa shape index (κ2) is 6.53. The van der Waals surface area contributed by atoms with Gasteiger partial charge in [0.15, 0.2) is 0 Å². The molecular weight excluding hydrogens is 240 g/mol. The highest BCUT2D eigenvalue weighted by Crippen LogP contribution is 2.21. The highest BCUT2D eigenvalue weighted by atomic mass is 16.6. The van der Waals surface area contributed by atoms with Crippen LogP contribution < -0.4 is 0 Å². The number of aliphatic hydroxyl groups excluding tert-OH is 1. The second-order valence-electron chi connectivity index (χ2n) is 5.48. The molecule has 0 saturated carbocycles. The third kappa shape index (κ3) is 4.87. The molecule has 3 nitrogen and oxygen atoms in total. The van der Waals surface area contributed by atoms with E-state index >= 15 is 0 Å². The van der Waals surface area contributed by atoms with E-state index in [1.165, 1.54) is 0 Å². The lowest BCUT2D eigenvalue weighted by Gasteiger charge is -2.19. The molecule has 19 heavy (non-hydrogen) atoms. The van der Waals surface area contributed by atoms with E-state index in [1.54, 1.807) is 18.2 Å². The molecule has 0 saturated heterocycles. The number of hydrogen-bond acceptors (Lipinski definition) is 3. The molecule has 0 radical (unpaired) electrons. The highest BCUT2D eigenvalue weighted by Gasteiger charge is 2.18. The predicted octanol–water partition coefficient (Wildman–Crippen LogP) is 3.29. The topological polar surface area (TPSA) is 46.5 Å². The minimum absolute atomic E-state index is 0.109. The summed E-state index contributed by atoms with van der Waals surface area (Å²) in [4.78, 5) is 11.9. The lowest BCUT2D eigenvalue weighted by Crippen LogP contribution is -2.23. The molecule has 1 atom stereocenters. The summed E-state index contributed by atoms with van der Waals surface area (Å²) in [7, 11) is 0. The molecule has 104 valence electrons. The van der Waals surface area contributed by atoms with Gasteiger partial charge in [-0.15, -0.1) is 6.58 Å². The maximum Gasteiger partial charge on any atom is 0.338 e. The SMILES string of the molecule is C=CC(CCO)c1ccc(C(=O)OC(C)(C)C)cc1. The monoisotopic (exact) mass is 262 g/mol. The van der Waals surface area contributed by atoms with Crippen LogP contribution in [-0.4, -0.2) is 23.3 Å². The number of aliphatic hydroxyl groups is 1. The van der Waals surface area contributed by atoms with Crippen LogP contribution in [0.4, 0.5) is 0 Å². The van der Waals surface area contributed by atoms with Crippen LogP contribution in [0.25, 0.3) is 0 Å². The zero-order chi connectivity index (χ0) is 14.5. The first-order chi connectivity index (χ1) is 8.87. The van der Waals surface area contributed by atoms with Crippen molar-refractivity contribution in [3.63, 3.8) is 0 Å². The molecule has 0 aliphatic carbocycles. The molecule has 0 aliphatic rings.